The lowest BCUT2D eigenvalue weighted by atomic mass is 9.60. The van der Waals surface area contributed by atoms with Crippen LogP contribution in [0.4, 0.5) is 18.9 Å². The Bertz CT molecular complexity index is 1230. The molecular weight excluding hydrogens is 505 g/mol. The van der Waals surface area contributed by atoms with Crippen molar-refractivity contribution < 1.29 is 31.1 Å². The highest BCUT2D eigenvalue weighted by Crippen LogP contribution is 2.51. The van der Waals surface area contributed by atoms with E-state index in [-0.39, 0.29) is 21.2 Å². The van der Waals surface area contributed by atoms with Crippen molar-refractivity contribution in [1.82, 2.24) is 4.90 Å². The Kier molecular flexibility index (Phi) is 6.58. The van der Waals surface area contributed by atoms with Crippen molar-refractivity contribution >= 4 is 33.0 Å². The van der Waals surface area contributed by atoms with E-state index in [9.17, 15) is 26.4 Å². The largest absolute Gasteiger partial charge is 0.379 e. The van der Waals surface area contributed by atoms with Crippen LogP contribution in [0.15, 0.2) is 35.2 Å². The first-order chi connectivity index (χ1) is 16.6. The summed E-state index contributed by atoms with van der Waals surface area (Å²) >= 11 is 6.25. The second-order valence-corrected chi connectivity index (χ2v) is 12.0. The van der Waals surface area contributed by atoms with Gasteiger partial charge in [0.15, 0.2) is 27.3 Å². The Morgan fingerprint density at radius 1 is 1.00 bits per heavy atom. The van der Waals surface area contributed by atoms with Crippen LogP contribution in [0.5, 0.6) is 0 Å². The van der Waals surface area contributed by atoms with Gasteiger partial charge < -0.3 is 10.1 Å². The minimum Gasteiger partial charge on any atom is -0.379 e. The first kappa shape index (κ1) is 24.5. The summed E-state index contributed by atoms with van der Waals surface area (Å²) in [4.78, 5) is 14.9. The number of amides is 1. The molecule has 2 atom stereocenters. The fraction of sp³-hybridized carbons (Fsp3) is 0.458. The maximum absolute atomic E-state index is 13.5. The lowest BCUT2D eigenvalue weighted by molar-refractivity contribution is -0.0781. The van der Waals surface area contributed by atoms with Gasteiger partial charge in [-0.1, -0.05) is 11.6 Å². The lowest BCUT2D eigenvalue weighted by Crippen LogP contribution is -2.61. The van der Waals surface area contributed by atoms with E-state index in [1.54, 1.807) is 0 Å². The number of carbonyl (C=O) groups is 1. The van der Waals surface area contributed by atoms with Gasteiger partial charge in [0.05, 0.1) is 28.4 Å². The first-order valence-electron chi connectivity index (χ1n) is 11.5. The summed E-state index contributed by atoms with van der Waals surface area (Å²) < 4.78 is 72.6. The van der Waals surface area contributed by atoms with Crippen LogP contribution in [-0.2, 0) is 14.6 Å². The number of nitrogens with zero attached hydrogens (tertiary/aromatic N) is 1. The Morgan fingerprint density at radius 2 is 1.63 bits per heavy atom. The molecule has 6 rings (SSSR count). The molecule has 0 aromatic heterocycles. The summed E-state index contributed by atoms with van der Waals surface area (Å²) in [7, 11) is -3.82. The fourth-order valence-electron chi connectivity index (χ4n) is 5.70. The molecule has 3 aliphatic carbocycles. The number of ether oxygens (including phenoxy) is 1. The minimum atomic E-state index is -3.82. The monoisotopic (exact) mass is 528 g/mol. The zero-order valence-corrected chi connectivity index (χ0v) is 20.2. The van der Waals surface area contributed by atoms with E-state index >= 15 is 0 Å². The zero-order chi connectivity index (χ0) is 24.9. The topological polar surface area (TPSA) is 75.7 Å². The number of hydrogen-bond acceptors (Lipinski definition) is 5. The molecule has 4 fully saturated rings. The van der Waals surface area contributed by atoms with E-state index in [4.69, 9.17) is 16.3 Å². The molecule has 11 heteroatoms. The van der Waals surface area contributed by atoms with E-state index in [0.29, 0.717) is 56.1 Å². The molecule has 1 amide bonds. The fourth-order valence-corrected chi connectivity index (χ4v) is 8.13. The molecular formula is C24H24ClF3N2O4S. The van der Waals surface area contributed by atoms with Gasteiger partial charge in [0, 0.05) is 42.5 Å². The number of morpholine rings is 1. The zero-order valence-electron chi connectivity index (χ0n) is 18.6. The molecule has 2 aromatic rings. The highest BCUT2D eigenvalue weighted by atomic mass is 35.5. The SMILES string of the molecule is O=C(Nc1cc(F)c(F)c(F)c1)c1ccc(Cl)c(S(=O)(=O)C2CC3CC(C2)C3N2CCOCC2)c1. The molecule has 1 saturated heterocycles. The van der Waals surface area contributed by atoms with Crippen LogP contribution in [0.3, 0.4) is 0 Å². The van der Waals surface area contributed by atoms with Gasteiger partial charge in [-0.25, -0.2) is 21.6 Å². The van der Waals surface area contributed by atoms with Crippen LogP contribution in [-0.4, -0.2) is 56.8 Å². The molecule has 1 aliphatic heterocycles. The molecule has 1 N–H and O–H groups in total. The Hall–Kier alpha value is -2.14. The van der Waals surface area contributed by atoms with E-state index < -0.39 is 38.4 Å². The predicted octanol–water partition coefficient (Wildman–Crippen LogP) is 4.28. The van der Waals surface area contributed by atoms with Gasteiger partial charge >= 0.3 is 0 Å². The molecule has 0 spiro atoms. The summed E-state index contributed by atoms with van der Waals surface area (Å²) in [6.07, 6.45) is 2.07. The van der Waals surface area contributed by atoms with Gasteiger partial charge in [-0.2, -0.15) is 0 Å². The molecule has 2 unspecified atom stereocenters. The smallest absolute Gasteiger partial charge is 0.255 e. The van der Waals surface area contributed by atoms with Crippen LogP contribution < -0.4 is 5.32 Å². The predicted molar refractivity (Wildman–Crippen MR) is 124 cm³/mol. The van der Waals surface area contributed by atoms with Crippen molar-refractivity contribution in [2.45, 2.75) is 35.4 Å². The Labute approximate surface area is 206 Å². The molecule has 6 nitrogen and oxygen atoms in total. The van der Waals surface area contributed by atoms with Crippen LogP contribution >= 0.6 is 11.6 Å². The van der Waals surface area contributed by atoms with Gasteiger partial charge in [0.1, 0.15) is 0 Å². The number of halogens is 4. The summed E-state index contributed by atoms with van der Waals surface area (Å²) in [6.45, 7) is 3.11. The maximum Gasteiger partial charge on any atom is 0.255 e. The third-order valence-corrected chi connectivity index (χ3v) is 10.0. The number of carbonyl (C=O) groups excluding carboxylic acids is 1. The first-order valence-corrected chi connectivity index (χ1v) is 13.4. The van der Waals surface area contributed by atoms with Crippen molar-refractivity contribution in [1.29, 1.82) is 0 Å². The number of anilines is 1. The summed E-state index contributed by atoms with van der Waals surface area (Å²) in [5.41, 5.74) is -0.349. The van der Waals surface area contributed by atoms with Crippen LogP contribution in [0, 0.1) is 29.3 Å². The minimum absolute atomic E-state index is 0.00407. The maximum atomic E-state index is 13.5. The van der Waals surface area contributed by atoms with Gasteiger partial charge in [-0.05, 0) is 49.3 Å². The third-order valence-electron chi connectivity index (χ3n) is 7.35. The number of nitrogens with one attached hydrogen (secondary N) is 1. The van der Waals surface area contributed by atoms with Crippen molar-refractivity contribution in [3.63, 3.8) is 0 Å². The summed E-state index contributed by atoms with van der Waals surface area (Å²) in [5.74, 6) is -4.77. The number of rotatable bonds is 5. The molecule has 4 aliphatic rings. The molecule has 3 saturated carbocycles. The molecule has 188 valence electrons. The number of hydrogen-bond donors (Lipinski definition) is 1. The molecule has 0 radical (unpaired) electrons. The quantitative estimate of drug-likeness (QED) is 0.586. The van der Waals surface area contributed by atoms with Crippen LogP contribution in [0.25, 0.3) is 0 Å². The van der Waals surface area contributed by atoms with Gasteiger partial charge in [0.2, 0.25) is 0 Å². The summed E-state index contributed by atoms with van der Waals surface area (Å²) in [6, 6.07) is 5.48. The average molecular weight is 529 g/mol. The number of benzene rings is 2. The molecule has 1 heterocycles. The second-order valence-electron chi connectivity index (χ2n) is 9.39. The normalized spacial score (nSPS) is 26.7. The second kappa shape index (κ2) is 9.38. The van der Waals surface area contributed by atoms with Crippen LogP contribution in [0.1, 0.15) is 29.6 Å². The van der Waals surface area contributed by atoms with E-state index in [0.717, 1.165) is 19.5 Å². The van der Waals surface area contributed by atoms with E-state index in [1.165, 1.54) is 18.2 Å². The molecule has 2 aromatic carbocycles. The van der Waals surface area contributed by atoms with Gasteiger partial charge in [0.25, 0.3) is 5.91 Å². The molecule has 35 heavy (non-hydrogen) atoms. The Balaban J connectivity index is 1.33. The standard InChI is InChI=1S/C24H24ClF3N2O4S/c25-18-2-1-13(24(31)29-16-11-19(26)22(28)20(27)12-16)10-21(18)35(32,33)17-8-14-7-15(9-17)23(14)30-3-5-34-6-4-30/h1-2,10-12,14-15,17,23H,3-9H2,(H,29,31). The third kappa shape index (κ3) is 4.57. The van der Waals surface area contributed by atoms with Gasteiger partial charge in [-0.15, -0.1) is 0 Å². The highest BCUT2D eigenvalue weighted by molar-refractivity contribution is 7.92. The highest BCUT2D eigenvalue weighted by Gasteiger charge is 2.53. The van der Waals surface area contributed by atoms with E-state index in [1.807, 2.05) is 0 Å². The van der Waals surface area contributed by atoms with Crippen molar-refractivity contribution in [3.05, 3.63) is 58.4 Å². The summed E-state index contributed by atoms with van der Waals surface area (Å²) in [5, 5.41) is 1.67. The molecule has 2 bridgehead atoms. The van der Waals surface area contributed by atoms with Gasteiger partial charge in [-0.3, -0.25) is 9.69 Å². The Morgan fingerprint density at radius 3 is 2.26 bits per heavy atom. The van der Waals surface area contributed by atoms with Crippen LogP contribution in [0.2, 0.25) is 5.02 Å². The van der Waals surface area contributed by atoms with Crippen molar-refractivity contribution in [3.8, 4) is 0 Å². The van der Waals surface area contributed by atoms with Crippen molar-refractivity contribution in [2.24, 2.45) is 11.8 Å². The average Bonchev–Trinajstić information content (AvgIpc) is 2.83. The lowest BCUT2D eigenvalue weighted by Gasteiger charge is -2.56. The number of fused-ring (bicyclic) bond motifs is 2. The number of sulfone groups is 1. The van der Waals surface area contributed by atoms with Crippen molar-refractivity contribution in [2.75, 3.05) is 31.6 Å². The van der Waals surface area contributed by atoms with E-state index in [2.05, 4.69) is 10.2 Å².